The molecule has 0 N–H and O–H groups in total. The number of aryl methyl sites for hydroxylation is 1. The number of amides is 1. The molecule has 3 heterocycles. The molecular weight excluding hydrogens is 308 g/mol. The second-order valence-corrected chi connectivity index (χ2v) is 6.17. The van der Waals surface area contributed by atoms with Crippen molar-refractivity contribution in [3.8, 4) is 10.7 Å². The maximum Gasteiger partial charge on any atom is 0.265 e. The quantitative estimate of drug-likeness (QED) is 0.739. The first-order valence-electron chi connectivity index (χ1n) is 7.18. The molecule has 3 rings (SSSR count). The van der Waals surface area contributed by atoms with Crippen molar-refractivity contribution in [2.45, 2.75) is 13.5 Å². The lowest BCUT2D eigenvalue weighted by molar-refractivity contribution is 0.0789. The van der Waals surface area contributed by atoms with E-state index in [2.05, 4.69) is 15.0 Å². The van der Waals surface area contributed by atoms with Crippen LogP contribution in [-0.4, -0.2) is 32.8 Å². The van der Waals surface area contributed by atoms with Crippen LogP contribution in [0.15, 0.2) is 48.9 Å². The minimum absolute atomic E-state index is 0.0361. The van der Waals surface area contributed by atoms with Gasteiger partial charge >= 0.3 is 0 Å². The van der Waals surface area contributed by atoms with E-state index < -0.39 is 0 Å². The van der Waals surface area contributed by atoms with Crippen LogP contribution in [-0.2, 0) is 6.54 Å². The van der Waals surface area contributed by atoms with Crippen molar-refractivity contribution in [3.05, 3.63) is 65.1 Å². The molecule has 0 saturated heterocycles. The highest BCUT2D eigenvalue weighted by Crippen LogP contribution is 2.27. The molecule has 0 fully saturated rings. The first-order chi connectivity index (χ1) is 11.1. The van der Waals surface area contributed by atoms with Crippen molar-refractivity contribution >= 4 is 17.2 Å². The van der Waals surface area contributed by atoms with Crippen LogP contribution >= 0.6 is 11.3 Å². The average Bonchev–Trinajstić information content (AvgIpc) is 2.97. The molecule has 0 atom stereocenters. The van der Waals surface area contributed by atoms with E-state index in [1.54, 1.807) is 30.5 Å². The lowest BCUT2D eigenvalue weighted by Gasteiger charge is -2.16. The zero-order valence-electron chi connectivity index (χ0n) is 12.9. The van der Waals surface area contributed by atoms with Gasteiger partial charge in [-0.3, -0.25) is 14.8 Å². The zero-order valence-corrected chi connectivity index (χ0v) is 13.7. The molecule has 5 nitrogen and oxygen atoms in total. The topological polar surface area (TPSA) is 59.0 Å². The van der Waals surface area contributed by atoms with Crippen molar-refractivity contribution in [1.82, 2.24) is 19.9 Å². The van der Waals surface area contributed by atoms with E-state index >= 15 is 0 Å². The molecular formula is C17H16N4OS. The van der Waals surface area contributed by atoms with E-state index in [0.29, 0.717) is 11.4 Å². The summed E-state index contributed by atoms with van der Waals surface area (Å²) in [5, 5.41) is 0.765. The van der Waals surface area contributed by atoms with E-state index in [0.717, 1.165) is 22.0 Å². The molecule has 1 amide bonds. The molecule has 0 aliphatic carbocycles. The van der Waals surface area contributed by atoms with Crippen molar-refractivity contribution in [3.63, 3.8) is 0 Å². The fourth-order valence-corrected chi connectivity index (χ4v) is 3.24. The van der Waals surface area contributed by atoms with Gasteiger partial charge in [-0.2, -0.15) is 0 Å². The number of carbonyl (C=O) groups is 1. The summed E-state index contributed by atoms with van der Waals surface area (Å²) in [7, 11) is 1.79. The van der Waals surface area contributed by atoms with Gasteiger partial charge in [0.1, 0.15) is 9.88 Å². The smallest absolute Gasteiger partial charge is 0.265 e. The summed E-state index contributed by atoms with van der Waals surface area (Å²) in [5.41, 5.74) is 2.52. The fourth-order valence-electron chi connectivity index (χ4n) is 2.20. The molecule has 0 aliphatic rings. The van der Waals surface area contributed by atoms with E-state index in [1.165, 1.54) is 11.3 Å². The highest BCUT2D eigenvalue weighted by molar-refractivity contribution is 7.17. The third-order valence-electron chi connectivity index (χ3n) is 3.36. The van der Waals surface area contributed by atoms with E-state index in [-0.39, 0.29) is 5.91 Å². The van der Waals surface area contributed by atoms with Gasteiger partial charge in [0.25, 0.3) is 5.91 Å². The van der Waals surface area contributed by atoms with Crippen molar-refractivity contribution < 1.29 is 4.79 Å². The summed E-state index contributed by atoms with van der Waals surface area (Å²) in [5.74, 6) is -0.0361. The minimum Gasteiger partial charge on any atom is -0.337 e. The Hall–Kier alpha value is -2.60. The average molecular weight is 324 g/mol. The highest BCUT2D eigenvalue weighted by atomic mass is 32.1. The molecule has 6 heteroatoms. The van der Waals surface area contributed by atoms with Gasteiger partial charge in [-0.25, -0.2) is 4.98 Å². The third-order valence-corrected chi connectivity index (χ3v) is 4.53. The predicted octanol–water partition coefficient (Wildman–Crippen LogP) is 3.18. The minimum atomic E-state index is -0.0361. The summed E-state index contributed by atoms with van der Waals surface area (Å²) in [6.07, 6.45) is 5.21. The Morgan fingerprint density at radius 3 is 2.78 bits per heavy atom. The molecule has 0 radical (unpaired) electrons. The number of carbonyl (C=O) groups excluding carboxylic acids is 1. The Morgan fingerprint density at radius 1 is 1.22 bits per heavy atom. The first kappa shape index (κ1) is 15.3. The molecule has 0 aliphatic heterocycles. The van der Waals surface area contributed by atoms with Gasteiger partial charge in [0.15, 0.2) is 0 Å². The number of rotatable bonds is 4. The predicted molar refractivity (Wildman–Crippen MR) is 90.1 cm³/mol. The van der Waals surface area contributed by atoms with Crippen molar-refractivity contribution in [2.24, 2.45) is 0 Å². The second kappa shape index (κ2) is 6.66. The molecule has 116 valence electrons. The van der Waals surface area contributed by atoms with Gasteiger partial charge in [-0.05, 0) is 30.7 Å². The second-order valence-electron chi connectivity index (χ2n) is 5.17. The lowest BCUT2D eigenvalue weighted by atomic mass is 10.2. The molecule has 3 aromatic heterocycles. The van der Waals surface area contributed by atoms with Crippen LogP contribution in [0, 0.1) is 6.92 Å². The maximum absolute atomic E-state index is 12.7. The Labute approximate surface area is 138 Å². The van der Waals surface area contributed by atoms with Crippen LogP contribution in [0.2, 0.25) is 0 Å². The largest absolute Gasteiger partial charge is 0.337 e. The molecule has 0 saturated carbocycles. The number of nitrogens with zero attached hydrogens (tertiary/aromatic N) is 4. The van der Waals surface area contributed by atoms with E-state index in [4.69, 9.17) is 0 Å². The number of pyridine rings is 2. The monoisotopic (exact) mass is 324 g/mol. The van der Waals surface area contributed by atoms with Crippen LogP contribution in [0.25, 0.3) is 10.7 Å². The molecule has 0 spiro atoms. The van der Waals surface area contributed by atoms with Crippen molar-refractivity contribution in [2.75, 3.05) is 7.05 Å². The van der Waals surface area contributed by atoms with Gasteiger partial charge < -0.3 is 4.90 Å². The van der Waals surface area contributed by atoms with Gasteiger partial charge in [-0.1, -0.05) is 12.1 Å². The molecule has 0 bridgehead atoms. The van der Waals surface area contributed by atoms with Gasteiger partial charge in [-0.15, -0.1) is 11.3 Å². The van der Waals surface area contributed by atoms with Gasteiger partial charge in [0.2, 0.25) is 0 Å². The van der Waals surface area contributed by atoms with Gasteiger partial charge in [0.05, 0.1) is 11.4 Å². The Bertz CT molecular complexity index is 802. The number of thiazole rings is 1. The molecule has 3 aromatic rings. The third kappa shape index (κ3) is 3.43. The fraction of sp³-hybridized carbons (Fsp3) is 0.176. The first-order valence-corrected chi connectivity index (χ1v) is 8.00. The van der Waals surface area contributed by atoms with E-state index in [9.17, 15) is 4.79 Å². The lowest BCUT2D eigenvalue weighted by Crippen LogP contribution is -2.26. The Balaban J connectivity index is 1.81. The summed E-state index contributed by atoms with van der Waals surface area (Å²) < 4.78 is 0. The van der Waals surface area contributed by atoms with Gasteiger partial charge in [0, 0.05) is 32.2 Å². The molecule has 0 unspecified atom stereocenters. The molecule has 0 aromatic carbocycles. The summed E-state index contributed by atoms with van der Waals surface area (Å²) in [4.78, 5) is 27.9. The Morgan fingerprint density at radius 2 is 2.09 bits per heavy atom. The normalized spacial score (nSPS) is 10.5. The van der Waals surface area contributed by atoms with Crippen LogP contribution in [0.1, 0.15) is 20.9 Å². The van der Waals surface area contributed by atoms with Crippen LogP contribution in [0.3, 0.4) is 0 Å². The summed E-state index contributed by atoms with van der Waals surface area (Å²) in [6.45, 7) is 2.37. The van der Waals surface area contributed by atoms with Crippen LogP contribution in [0.5, 0.6) is 0 Å². The highest BCUT2D eigenvalue weighted by Gasteiger charge is 2.20. The number of aromatic nitrogens is 3. The molecule has 23 heavy (non-hydrogen) atoms. The SMILES string of the molecule is Cc1nc(-c2ccccn2)sc1C(=O)N(C)Cc1cccnc1. The number of hydrogen-bond donors (Lipinski definition) is 0. The van der Waals surface area contributed by atoms with Crippen LogP contribution < -0.4 is 0 Å². The standard InChI is InChI=1S/C17H16N4OS/c1-12-15(23-16(20-12)14-7-3-4-9-19-14)17(22)21(2)11-13-6-5-8-18-10-13/h3-10H,11H2,1-2H3. The van der Waals surface area contributed by atoms with Crippen molar-refractivity contribution in [1.29, 1.82) is 0 Å². The van der Waals surface area contributed by atoms with Crippen LogP contribution in [0.4, 0.5) is 0 Å². The van der Waals surface area contributed by atoms with E-state index in [1.807, 2.05) is 37.3 Å². The summed E-state index contributed by atoms with van der Waals surface area (Å²) >= 11 is 1.38. The summed E-state index contributed by atoms with van der Waals surface area (Å²) in [6, 6.07) is 9.49. The number of hydrogen-bond acceptors (Lipinski definition) is 5. The Kier molecular flexibility index (Phi) is 4.43. The zero-order chi connectivity index (χ0) is 16.2. The maximum atomic E-state index is 12.7.